The van der Waals surface area contributed by atoms with E-state index in [1.54, 1.807) is 6.92 Å². The zero-order valence-corrected chi connectivity index (χ0v) is 11.3. The number of Topliss-reactive ketones (excluding diaryl/α,β-unsaturated/α-hetero) is 1. The van der Waals surface area contributed by atoms with Crippen molar-refractivity contribution in [2.45, 2.75) is 27.7 Å². The molecular formula is C14H15NOS. The second kappa shape index (κ2) is 4.41. The Morgan fingerprint density at radius 1 is 1.18 bits per heavy atom. The first kappa shape index (κ1) is 12.0. The third kappa shape index (κ3) is 2.15. The summed E-state index contributed by atoms with van der Waals surface area (Å²) in [6.07, 6.45) is 0. The molecule has 0 radical (unpaired) electrons. The topological polar surface area (TPSA) is 30.0 Å². The number of hydrogen-bond acceptors (Lipinski definition) is 3. The van der Waals surface area contributed by atoms with Crippen LogP contribution >= 0.6 is 11.3 Å². The monoisotopic (exact) mass is 245 g/mol. The molecule has 0 saturated heterocycles. The highest BCUT2D eigenvalue weighted by Crippen LogP contribution is 2.32. The fraction of sp³-hybridized carbons (Fsp3) is 0.286. The van der Waals surface area contributed by atoms with Crippen LogP contribution in [-0.2, 0) is 0 Å². The number of benzene rings is 1. The molecule has 0 saturated carbocycles. The van der Waals surface area contributed by atoms with Crippen LogP contribution in [0.15, 0.2) is 18.2 Å². The van der Waals surface area contributed by atoms with E-state index in [1.165, 1.54) is 22.5 Å². The fourth-order valence-corrected chi connectivity index (χ4v) is 3.12. The van der Waals surface area contributed by atoms with Crippen molar-refractivity contribution in [1.82, 2.24) is 4.98 Å². The first-order valence-electron chi connectivity index (χ1n) is 5.55. The summed E-state index contributed by atoms with van der Waals surface area (Å²) in [5.41, 5.74) is 4.40. The molecule has 17 heavy (non-hydrogen) atoms. The first-order valence-corrected chi connectivity index (χ1v) is 6.37. The molecule has 2 aromatic rings. The Bertz CT molecular complexity index is 564. The van der Waals surface area contributed by atoms with Gasteiger partial charge in [0, 0.05) is 12.5 Å². The molecular weight excluding hydrogens is 230 g/mol. The zero-order valence-electron chi connectivity index (χ0n) is 10.5. The van der Waals surface area contributed by atoms with Gasteiger partial charge in [0.1, 0.15) is 5.01 Å². The summed E-state index contributed by atoms with van der Waals surface area (Å²) >= 11 is 1.49. The van der Waals surface area contributed by atoms with E-state index in [0.29, 0.717) is 0 Å². The van der Waals surface area contributed by atoms with Crippen molar-refractivity contribution < 1.29 is 4.79 Å². The Labute approximate surface area is 105 Å². The quantitative estimate of drug-likeness (QED) is 0.750. The Morgan fingerprint density at radius 2 is 1.76 bits per heavy atom. The number of ketones is 1. The average molecular weight is 245 g/mol. The molecule has 0 bridgehead atoms. The molecule has 88 valence electrons. The summed E-state index contributed by atoms with van der Waals surface area (Å²) in [5, 5.41) is 0.948. The number of nitrogens with zero attached hydrogens (tertiary/aromatic N) is 1. The highest BCUT2D eigenvalue weighted by molar-refractivity contribution is 7.17. The van der Waals surface area contributed by atoms with Gasteiger partial charge in [0.25, 0.3) is 0 Å². The number of aryl methyl sites for hydroxylation is 3. The molecule has 1 heterocycles. The van der Waals surface area contributed by atoms with Crippen molar-refractivity contribution in [3.8, 4) is 10.6 Å². The molecule has 1 aromatic heterocycles. The standard InChI is InChI=1S/C14H15NOS/c1-8-6-5-7-9(2)12(8)14-15-10(3)13(17-14)11(4)16/h5-7H,1-4H3. The van der Waals surface area contributed by atoms with Gasteiger partial charge in [-0.2, -0.15) is 0 Å². The van der Waals surface area contributed by atoms with Gasteiger partial charge in [0.2, 0.25) is 0 Å². The number of aromatic nitrogens is 1. The van der Waals surface area contributed by atoms with Gasteiger partial charge < -0.3 is 0 Å². The van der Waals surface area contributed by atoms with Gasteiger partial charge in [-0.25, -0.2) is 4.98 Å². The molecule has 0 aliphatic rings. The van der Waals surface area contributed by atoms with E-state index in [9.17, 15) is 4.79 Å². The summed E-state index contributed by atoms with van der Waals surface area (Å²) in [4.78, 5) is 16.7. The number of thiazole rings is 1. The van der Waals surface area contributed by atoms with Crippen molar-refractivity contribution in [3.63, 3.8) is 0 Å². The van der Waals surface area contributed by atoms with Crippen LogP contribution in [-0.4, -0.2) is 10.8 Å². The molecule has 3 heteroatoms. The van der Waals surface area contributed by atoms with Crippen LogP contribution in [0.25, 0.3) is 10.6 Å². The first-order chi connectivity index (χ1) is 8.00. The van der Waals surface area contributed by atoms with Crippen molar-refractivity contribution in [3.05, 3.63) is 39.9 Å². The van der Waals surface area contributed by atoms with E-state index in [-0.39, 0.29) is 5.78 Å². The van der Waals surface area contributed by atoms with E-state index >= 15 is 0 Å². The molecule has 0 aliphatic heterocycles. The minimum atomic E-state index is 0.0949. The highest BCUT2D eigenvalue weighted by atomic mass is 32.1. The molecule has 0 amide bonds. The lowest BCUT2D eigenvalue weighted by molar-refractivity contribution is 0.102. The molecule has 1 aromatic carbocycles. The number of carbonyl (C=O) groups excluding carboxylic acids is 1. The molecule has 0 fully saturated rings. The smallest absolute Gasteiger partial charge is 0.171 e. The average Bonchev–Trinajstić information content (AvgIpc) is 2.60. The number of rotatable bonds is 2. The summed E-state index contributed by atoms with van der Waals surface area (Å²) in [7, 11) is 0. The van der Waals surface area contributed by atoms with E-state index in [0.717, 1.165) is 21.1 Å². The minimum Gasteiger partial charge on any atom is -0.294 e. The van der Waals surface area contributed by atoms with Gasteiger partial charge in [-0.15, -0.1) is 11.3 Å². The normalized spacial score (nSPS) is 10.6. The van der Waals surface area contributed by atoms with E-state index < -0.39 is 0 Å². The van der Waals surface area contributed by atoms with Crippen molar-refractivity contribution >= 4 is 17.1 Å². The van der Waals surface area contributed by atoms with Gasteiger partial charge in [-0.05, 0) is 31.9 Å². The maximum atomic E-state index is 11.5. The van der Waals surface area contributed by atoms with E-state index in [2.05, 4.69) is 31.0 Å². The van der Waals surface area contributed by atoms with Crippen molar-refractivity contribution in [2.75, 3.05) is 0 Å². The largest absolute Gasteiger partial charge is 0.294 e. The third-order valence-corrected chi connectivity index (χ3v) is 4.09. The van der Waals surface area contributed by atoms with Gasteiger partial charge in [0.05, 0.1) is 10.6 Å². The zero-order chi connectivity index (χ0) is 12.6. The van der Waals surface area contributed by atoms with Crippen LogP contribution in [0, 0.1) is 20.8 Å². The molecule has 0 atom stereocenters. The fourth-order valence-electron chi connectivity index (χ4n) is 1.98. The van der Waals surface area contributed by atoms with Crippen LogP contribution in [0.3, 0.4) is 0 Å². The van der Waals surface area contributed by atoms with Crippen LogP contribution in [0.1, 0.15) is 33.4 Å². The third-order valence-electron chi connectivity index (χ3n) is 2.81. The second-order valence-corrected chi connectivity index (χ2v) is 5.26. The summed E-state index contributed by atoms with van der Waals surface area (Å²) < 4.78 is 0. The summed E-state index contributed by atoms with van der Waals surface area (Å²) in [6, 6.07) is 6.19. The highest BCUT2D eigenvalue weighted by Gasteiger charge is 2.15. The maximum Gasteiger partial charge on any atom is 0.171 e. The molecule has 0 unspecified atom stereocenters. The summed E-state index contributed by atoms with van der Waals surface area (Å²) in [6.45, 7) is 7.64. The molecule has 0 aliphatic carbocycles. The van der Waals surface area contributed by atoms with Crippen LogP contribution in [0.2, 0.25) is 0 Å². The SMILES string of the molecule is CC(=O)c1sc(-c2c(C)cccc2C)nc1C. The molecule has 2 nitrogen and oxygen atoms in total. The number of carbonyl (C=O) groups is 1. The van der Waals surface area contributed by atoms with Crippen LogP contribution < -0.4 is 0 Å². The molecule has 0 N–H and O–H groups in total. The van der Waals surface area contributed by atoms with Gasteiger partial charge in [-0.1, -0.05) is 18.2 Å². The summed E-state index contributed by atoms with van der Waals surface area (Å²) in [5.74, 6) is 0.0949. The van der Waals surface area contributed by atoms with Gasteiger partial charge in [0.15, 0.2) is 5.78 Å². The number of hydrogen-bond donors (Lipinski definition) is 0. The van der Waals surface area contributed by atoms with Crippen LogP contribution in [0.5, 0.6) is 0 Å². The van der Waals surface area contributed by atoms with E-state index in [1.807, 2.05) is 13.0 Å². The van der Waals surface area contributed by atoms with Crippen LogP contribution in [0.4, 0.5) is 0 Å². The molecule has 0 spiro atoms. The molecule has 2 rings (SSSR count). The van der Waals surface area contributed by atoms with Crippen molar-refractivity contribution in [1.29, 1.82) is 0 Å². The van der Waals surface area contributed by atoms with Gasteiger partial charge >= 0.3 is 0 Å². The lowest BCUT2D eigenvalue weighted by Gasteiger charge is -2.05. The maximum absolute atomic E-state index is 11.5. The van der Waals surface area contributed by atoms with Crippen molar-refractivity contribution in [2.24, 2.45) is 0 Å². The Kier molecular flexibility index (Phi) is 3.11. The predicted molar refractivity (Wildman–Crippen MR) is 71.8 cm³/mol. The second-order valence-electron chi connectivity index (χ2n) is 4.26. The lowest BCUT2D eigenvalue weighted by Crippen LogP contribution is -1.89. The van der Waals surface area contributed by atoms with E-state index in [4.69, 9.17) is 0 Å². The Morgan fingerprint density at radius 3 is 2.24 bits per heavy atom. The van der Waals surface area contributed by atoms with Gasteiger partial charge in [-0.3, -0.25) is 4.79 Å². The lowest BCUT2D eigenvalue weighted by atomic mass is 10.0. The predicted octanol–water partition coefficient (Wildman–Crippen LogP) is 3.94. The minimum absolute atomic E-state index is 0.0949. The Balaban J connectivity index is 2.62. The Hall–Kier alpha value is -1.48.